The number of carboxylic acid groups (broad SMARTS) is 1. The van der Waals surface area contributed by atoms with Crippen molar-refractivity contribution >= 4 is 40.4 Å². The van der Waals surface area contributed by atoms with Crippen LogP contribution >= 0.6 is 22.6 Å². The predicted octanol–water partition coefficient (Wildman–Crippen LogP) is 1.75. The Hall–Kier alpha value is -1.64. The number of carbonyl (C=O) groups is 3. The molecule has 1 rings (SSSR count). The maximum Gasteiger partial charge on any atom is 0.326 e. The zero-order chi connectivity index (χ0) is 16.5. The highest BCUT2D eigenvalue weighted by atomic mass is 127. The summed E-state index contributed by atoms with van der Waals surface area (Å²) in [5.74, 6) is -2.06. The summed E-state index contributed by atoms with van der Waals surface area (Å²) in [4.78, 5) is 34.1. The maximum absolute atomic E-state index is 11.7. The van der Waals surface area contributed by atoms with Gasteiger partial charge in [-0.05, 0) is 47.2 Å². The maximum atomic E-state index is 11.7. The average Bonchev–Trinajstić information content (AvgIpc) is 2.47. The number of nitrogens with one attached hydrogen (secondary N) is 1. The monoisotopic (exact) mass is 419 g/mol. The predicted molar refractivity (Wildman–Crippen MR) is 88.3 cm³/mol. The van der Waals surface area contributed by atoms with Crippen molar-refractivity contribution in [3.05, 3.63) is 33.4 Å². The summed E-state index contributed by atoms with van der Waals surface area (Å²) in [6.07, 6.45) is 0.0439. The van der Waals surface area contributed by atoms with Crippen LogP contribution in [0.15, 0.2) is 24.3 Å². The van der Waals surface area contributed by atoms with E-state index in [1.54, 1.807) is 6.92 Å². The fraction of sp³-hybridized carbons (Fsp3) is 0.400. The van der Waals surface area contributed by atoms with Gasteiger partial charge in [0.05, 0.1) is 13.0 Å². The fourth-order valence-corrected chi connectivity index (χ4v) is 2.13. The highest BCUT2D eigenvalue weighted by Gasteiger charge is 2.20. The van der Waals surface area contributed by atoms with Crippen molar-refractivity contribution in [1.29, 1.82) is 0 Å². The molecule has 1 amide bonds. The van der Waals surface area contributed by atoms with Gasteiger partial charge in [-0.3, -0.25) is 9.59 Å². The molecule has 0 radical (unpaired) electrons. The van der Waals surface area contributed by atoms with Crippen LogP contribution in [0.2, 0.25) is 0 Å². The number of carboxylic acids is 1. The van der Waals surface area contributed by atoms with E-state index in [1.807, 2.05) is 24.3 Å². The average molecular weight is 419 g/mol. The van der Waals surface area contributed by atoms with E-state index in [-0.39, 0.29) is 25.9 Å². The number of esters is 1. The van der Waals surface area contributed by atoms with Crippen LogP contribution in [0.1, 0.15) is 25.3 Å². The molecular formula is C15H18INO5. The molecule has 0 aliphatic carbocycles. The van der Waals surface area contributed by atoms with Crippen LogP contribution in [0.4, 0.5) is 0 Å². The summed E-state index contributed by atoms with van der Waals surface area (Å²) in [5.41, 5.74) is 0.818. The van der Waals surface area contributed by atoms with Crippen molar-refractivity contribution in [2.75, 3.05) is 6.61 Å². The van der Waals surface area contributed by atoms with Crippen molar-refractivity contribution in [3.63, 3.8) is 0 Å². The third-order valence-electron chi connectivity index (χ3n) is 2.85. The van der Waals surface area contributed by atoms with Gasteiger partial charge in [0.1, 0.15) is 6.04 Å². The molecule has 0 saturated heterocycles. The summed E-state index contributed by atoms with van der Waals surface area (Å²) in [5, 5.41) is 11.6. The molecule has 0 saturated carbocycles. The van der Waals surface area contributed by atoms with Gasteiger partial charge in [0, 0.05) is 16.4 Å². The lowest BCUT2D eigenvalue weighted by Crippen LogP contribution is -2.42. The second kappa shape index (κ2) is 9.39. The molecule has 1 atom stereocenters. The van der Waals surface area contributed by atoms with Crippen molar-refractivity contribution in [2.45, 2.75) is 32.2 Å². The van der Waals surface area contributed by atoms with Crippen LogP contribution < -0.4 is 5.32 Å². The lowest BCUT2D eigenvalue weighted by molar-refractivity contribution is -0.144. The summed E-state index contributed by atoms with van der Waals surface area (Å²) in [6.45, 7) is 1.93. The summed E-state index contributed by atoms with van der Waals surface area (Å²) >= 11 is 2.16. The minimum absolute atomic E-state index is 0.0600. The number of ether oxygens (including phenoxy) is 1. The minimum atomic E-state index is -1.11. The molecule has 0 aliphatic heterocycles. The summed E-state index contributed by atoms with van der Waals surface area (Å²) < 4.78 is 5.76. The van der Waals surface area contributed by atoms with Gasteiger partial charge >= 0.3 is 11.9 Å². The molecule has 1 aromatic carbocycles. The van der Waals surface area contributed by atoms with Crippen molar-refractivity contribution < 1.29 is 24.2 Å². The molecule has 1 aromatic rings. The van der Waals surface area contributed by atoms with Crippen LogP contribution in [0.3, 0.4) is 0 Å². The van der Waals surface area contributed by atoms with Crippen LogP contribution in [-0.2, 0) is 25.5 Å². The molecule has 0 aromatic heterocycles. The number of benzene rings is 1. The van der Waals surface area contributed by atoms with E-state index < -0.39 is 23.9 Å². The van der Waals surface area contributed by atoms with Crippen molar-refractivity contribution in [2.24, 2.45) is 0 Å². The topological polar surface area (TPSA) is 92.7 Å². The van der Waals surface area contributed by atoms with E-state index >= 15 is 0 Å². The quantitative estimate of drug-likeness (QED) is 0.495. The standard InChI is InChI=1S/C15H18INO5/c1-2-22-14(19)8-7-13(18)17-12(15(20)21)9-10-3-5-11(16)6-4-10/h3-6,12H,2,7-9H2,1H3,(H,17,18)(H,20,21)/t12-/m1/s1. The smallest absolute Gasteiger partial charge is 0.326 e. The van der Waals surface area contributed by atoms with Gasteiger partial charge in [0.25, 0.3) is 0 Å². The molecule has 0 spiro atoms. The number of rotatable bonds is 8. The number of amides is 1. The first-order valence-corrected chi connectivity index (χ1v) is 7.92. The van der Waals surface area contributed by atoms with Gasteiger partial charge in [0.15, 0.2) is 0 Å². The van der Waals surface area contributed by atoms with E-state index in [9.17, 15) is 19.5 Å². The van der Waals surface area contributed by atoms with Crippen molar-refractivity contribution in [1.82, 2.24) is 5.32 Å². The Labute approximate surface area is 142 Å². The SMILES string of the molecule is CCOC(=O)CCC(=O)N[C@H](Cc1ccc(I)cc1)C(=O)O. The Morgan fingerprint density at radius 1 is 1.23 bits per heavy atom. The zero-order valence-corrected chi connectivity index (χ0v) is 14.3. The largest absolute Gasteiger partial charge is 0.480 e. The van der Waals surface area contributed by atoms with Crippen LogP contribution in [0, 0.1) is 3.57 Å². The van der Waals surface area contributed by atoms with Gasteiger partial charge in [-0.15, -0.1) is 0 Å². The molecule has 0 heterocycles. The second-order valence-corrected chi connectivity index (χ2v) is 5.84. The Balaban J connectivity index is 2.53. The molecular weight excluding hydrogens is 401 g/mol. The summed E-state index contributed by atoms with van der Waals surface area (Å²) in [7, 11) is 0. The van der Waals surface area contributed by atoms with Gasteiger partial charge in [-0.25, -0.2) is 4.79 Å². The van der Waals surface area contributed by atoms with E-state index in [4.69, 9.17) is 4.74 Å². The van der Waals surface area contributed by atoms with Gasteiger partial charge in [-0.2, -0.15) is 0 Å². The number of hydrogen-bond donors (Lipinski definition) is 2. The van der Waals surface area contributed by atoms with Gasteiger partial charge in [-0.1, -0.05) is 12.1 Å². The molecule has 0 aliphatic rings. The first kappa shape index (κ1) is 18.4. The van der Waals surface area contributed by atoms with Crippen LogP contribution in [-0.4, -0.2) is 35.6 Å². The summed E-state index contributed by atoms with van der Waals surface area (Å²) in [6, 6.07) is 6.37. The van der Waals surface area contributed by atoms with E-state index in [0.29, 0.717) is 0 Å². The molecule has 22 heavy (non-hydrogen) atoms. The Morgan fingerprint density at radius 3 is 2.41 bits per heavy atom. The number of carbonyl (C=O) groups excluding carboxylic acids is 2. The highest BCUT2D eigenvalue weighted by molar-refractivity contribution is 14.1. The van der Waals surface area contributed by atoms with Gasteiger partial charge < -0.3 is 15.2 Å². The number of halogens is 1. The molecule has 0 fully saturated rings. The Morgan fingerprint density at radius 2 is 1.86 bits per heavy atom. The first-order chi connectivity index (χ1) is 10.4. The van der Waals surface area contributed by atoms with Crippen LogP contribution in [0.25, 0.3) is 0 Å². The molecule has 2 N–H and O–H groups in total. The second-order valence-electron chi connectivity index (χ2n) is 4.59. The highest BCUT2D eigenvalue weighted by Crippen LogP contribution is 2.09. The molecule has 6 nitrogen and oxygen atoms in total. The third-order valence-corrected chi connectivity index (χ3v) is 3.57. The van der Waals surface area contributed by atoms with E-state index in [0.717, 1.165) is 9.13 Å². The zero-order valence-electron chi connectivity index (χ0n) is 12.2. The lowest BCUT2D eigenvalue weighted by atomic mass is 10.1. The normalized spacial score (nSPS) is 11.5. The Bertz CT molecular complexity index is 529. The molecule has 0 unspecified atom stereocenters. The fourth-order valence-electron chi connectivity index (χ4n) is 1.77. The number of hydrogen-bond acceptors (Lipinski definition) is 4. The van der Waals surface area contributed by atoms with E-state index in [1.165, 1.54) is 0 Å². The third kappa shape index (κ3) is 6.88. The molecule has 7 heteroatoms. The van der Waals surface area contributed by atoms with Crippen molar-refractivity contribution in [3.8, 4) is 0 Å². The number of aliphatic carboxylic acids is 1. The Kier molecular flexibility index (Phi) is 7.86. The molecule has 0 bridgehead atoms. The van der Waals surface area contributed by atoms with Gasteiger partial charge in [0.2, 0.25) is 5.91 Å². The van der Waals surface area contributed by atoms with Crippen LogP contribution in [0.5, 0.6) is 0 Å². The minimum Gasteiger partial charge on any atom is -0.480 e. The molecule has 120 valence electrons. The van der Waals surface area contributed by atoms with E-state index in [2.05, 4.69) is 27.9 Å². The first-order valence-electron chi connectivity index (χ1n) is 6.84. The lowest BCUT2D eigenvalue weighted by Gasteiger charge is -2.14.